The van der Waals surface area contributed by atoms with Crippen molar-refractivity contribution in [2.45, 2.75) is 19.9 Å². The van der Waals surface area contributed by atoms with E-state index in [0.717, 1.165) is 5.82 Å². The fourth-order valence-electron chi connectivity index (χ4n) is 4.14. The summed E-state index contributed by atoms with van der Waals surface area (Å²) in [5, 5.41) is 12.9. The van der Waals surface area contributed by atoms with E-state index in [0.29, 0.717) is 44.3 Å². The molecule has 10 nitrogen and oxygen atoms in total. The van der Waals surface area contributed by atoms with Crippen molar-refractivity contribution in [3.8, 4) is 11.5 Å². The molecule has 180 valence electrons. The van der Waals surface area contributed by atoms with Crippen molar-refractivity contribution in [2.24, 2.45) is 10.9 Å². The van der Waals surface area contributed by atoms with E-state index in [-0.39, 0.29) is 18.1 Å². The second kappa shape index (κ2) is 10.4. The Hall–Kier alpha value is -3.82. The molecule has 2 atom stereocenters. The van der Waals surface area contributed by atoms with Crippen LogP contribution in [0.1, 0.15) is 25.5 Å². The van der Waals surface area contributed by atoms with Crippen LogP contribution in [0, 0.1) is 5.92 Å². The van der Waals surface area contributed by atoms with Gasteiger partial charge in [-0.2, -0.15) is 0 Å². The summed E-state index contributed by atoms with van der Waals surface area (Å²) >= 11 is 0. The summed E-state index contributed by atoms with van der Waals surface area (Å²) in [7, 11) is 0. The van der Waals surface area contributed by atoms with Crippen LogP contribution in [0.25, 0.3) is 0 Å². The Morgan fingerprint density at radius 1 is 1.12 bits per heavy atom. The number of pyridine rings is 1. The first-order valence-electron chi connectivity index (χ1n) is 11.4. The van der Waals surface area contributed by atoms with Gasteiger partial charge in [-0.15, -0.1) is 0 Å². The molecular weight excluding hydrogens is 438 g/mol. The van der Waals surface area contributed by atoms with Crippen molar-refractivity contribution >= 4 is 23.7 Å². The molecule has 1 aromatic carbocycles. The van der Waals surface area contributed by atoms with Crippen molar-refractivity contribution in [1.29, 1.82) is 0 Å². The van der Waals surface area contributed by atoms with Gasteiger partial charge < -0.3 is 24.4 Å². The molecule has 1 fully saturated rings. The van der Waals surface area contributed by atoms with Gasteiger partial charge in [-0.25, -0.2) is 9.98 Å². The van der Waals surface area contributed by atoms with Crippen LogP contribution in [0.4, 0.5) is 5.82 Å². The molecule has 4 rings (SSSR count). The van der Waals surface area contributed by atoms with Crippen molar-refractivity contribution in [2.75, 3.05) is 44.3 Å². The number of phenolic OH excluding ortho intramolecular Hbond substituents is 1. The molecule has 2 aliphatic rings. The number of aromatic hydroxyl groups is 1. The van der Waals surface area contributed by atoms with Gasteiger partial charge in [0.25, 0.3) is 0 Å². The summed E-state index contributed by atoms with van der Waals surface area (Å²) in [6.45, 7) is 6.70. The standard InChI is InChI=1S/C24H29N5O5/c1-3-33-18-15-16(8-9-17(18)30)21-20(23(32)34-4-2)22(31)27-24(26-21)29-13-11-28(12-14-29)19-7-5-6-10-25-19/h5-10,15,20-21,30H,3-4,11-14H2,1-2H3,(H,26,27,31). The number of benzene rings is 1. The number of aromatic nitrogens is 1. The molecule has 0 bridgehead atoms. The first kappa shape index (κ1) is 23.3. The van der Waals surface area contributed by atoms with Gasteiger partial charge in [-0.3, -0.25) is 14.9 Å². The Morgan fingerprint density at radius 3 is 2.56 bits per heavy atom. The van der Waals surface area contributed by atoms with Gasteiger partial charge in [0.15, 0.2) is 17.4 Å². The van der Waals surface area contributed by atoms with Crippen LogP contribution in [0.2, 0.25) is 0 Å². The molecule has 34 heavy (non-hydrogen) atoms. The lowest BCUT2D eigenvalue weighted by atomic mass is 9.91. The highest BCUT2D eigenvalue weighted by Gasteiger charge is 2.42. The molecule has 2 aliphatic heterocycles. The maximum Gasteiger partial charge on any atom is 0.321 e. The summed E-state index contributed by atoms with van der Waals surface area (Å²) < 4.78 is 10.7. The van der Waals surface area contributed by atoms with Crippen molar-refractivity contribution in [1.82, 2.24) is 15.2 Å². The first-order chi connectivity index (χ1) is 16.5. The topological polar surface area (TPSA) is 117 Å². The Labute approximate surface area is 198 Å². The highest BCUT2D eigenvalue weighted by atomic mass is 16.5. The number of guanidine groups is 1. The molecule has 0 radical (unpaired) electrons. The molecule has 2 N–H and O–H groups in total. The third-order valence-corrected chi connectivity index (χ3v) is 5.81. The average molecular weight is 468 g/mol. The van der Waals surface area contributed by atoms with Crippen LogP contribution in [0.15, 0.2) is 47.6 Å². The van der Waals surface area contributed by atoms with Gasteiger partial charge in [0.05, 0.1) is 13.2 Å². The van der Waals surface area contributed by atoms with Crippen LogP contribution >= 0.6 is 0 Å². The molecule has 2 unspecified atom stereocenters. The molecule has 1 saturated heterocycles. The zero-order valence-electron chi connectivity index (χ0n) is 19.3. The first-order valence-corrected chi connectivity index (χ1v) is 11.4. The Morgan fingerprint density at radius 2 is 1.88 bits per heavy atom. The summed E-state index contributed by atoms with van der Waals surface area (Å²) in [6.07, 6.45) is 1.77. The van der Waals surface area contributed by atoms with Crippen LogP contribution in [-0.2, 0) is 14.3 Å². The molecule has 2 aromatic rings. The number of aliphatic imine (C=N–C) groups is 1. The number of phenols is 1. The number of nitrogens with one attached hydrogen (secondary N) is 1. The zero-order chi connectivity index (χ0) is 24.1. The van der Waals surface area contributed by atoms with Gasteiger partial charge in [0.2, 0.25) is 11.9 Å². The molecule has 0 aliphatic carbocycles. The smallest absolute Gasteiger partial charge is 0.321 e. The van der Waals surface area contributed by atoms with Crippen LogP contribution in [0.3, 0.4) is 0 Å². The Kier molecular flexibility index (Phi) is 7.15. The summed E-state index contributed by atoms with van der Waals surface area (Å²) in [5.74, 6) is -0.669. The minimum atomic E-state index is -1.14. The number of hydrogen-bond donors (Lipinski definition) is 2. The summed E-state index contributed by atoms with van der Waals surface area (Å²) in [4.78, 5) is 39.1. The predicted octanol–water partition coefficient (Wildman–Crippen LogP) is 1.71. The van der Waals surface area contributed by atoms with Crippen molar-refractivity contribution in [3.05, 3.63) is 48.2 Å². The minimum Gasteiger partial charge on any atom is -0.504 e. The number of piperazine rings is 1. The summed E-state index contributed by atoms with van der Waals surface area (Å²) in [5.41, 5.74) is 0.582. The fourth-order valence-corrected chi connectivity index (χ4v) is 4.14. The Balaban J connectivity index is 1.61. The zero-order valence-corrected chi connectivity index (χ0v) is 19.3. The molecule has 0 spiro atoms. The van der Waals surface area contributed by atoms with Crippen LogP contribution < -0.4 is 15.0 Å². The summed E-state index contributed by atoms with van der Waals surface area (Å²) in [6, 6.07) is 9.74. The van der Waals surface area contributed by atoms with E-state index in [4.69, 9.17) is 14.5 Å². The van der Waals surface area contributed by atoms with E-state index in [1.165, 1.54) is 6.07 Å². The van der Waals surface area contributed by atoms with Crippen molar-refractivity contribution < 1.29 is 24.2 Å². The maximum absolute atomic E-state index is 13.1. The van der Waals surface area contributed by atoms with Crippen molar-refractivity contribution in [3.63, 3.8) is 0 Å². The van der Waals surface area contributed by atoms with Crippen LogP contribution in [0.5, 0.6) is 11.5 Å². The molecule has 10 heteroatoms. The predicted molar refractivity (Wildman–Crippen MR) is 126 cm³/mol. The molecular formula is C24H29N5O5. The average Bonchev–Trinajstić information content (AvgIpc) is 2.86. The van der Waals surface area contributed by atoms with Gasteiger partial charge in [-0.05, 0) is 43.7 Å². The molecule has 1 amide bonds. The van der Waals surface area contributed by atoms with Gasteiger partial charge in [-0.1, -0.05) is 12.1 Å². The molecule has 1 aromatic heterocycles. The number of rotatable bonds is 6. The number of esters is 1. The largest absolute Gasteiger partial charge is 0.504 e. The van der Waals surface area contributed by atoms with Crippen LogP contribution in [-0.4, -0.2) is 72.2 Å². The maximum atomic E-state index is 13.1. The minimum absolute atomic E-state index is 0.0200. The Bertz CT molecular complexity index is 1050. The number of nitrogens with zero attached hydrogens (tertiary/aromatic N) is 4. The third-order valence-electron chi connectivity index (χ3n) is 5.81. The second-order valence-electron chi connectivity index (χ2n) is 7.94. The normalized spacial score (nSPS) is 20.4. The van der Waals surface area contributed by atoms with Gasteiger partial charge >= 0.3 is 5.97 Å². The van der Waals surface area contributed by atoms with E-state index in [1.807, 2.05) is 30.0 Å². The van der Waals surface area contributed by atoms with Gasteiger partial charge in [0.1, 0.15) is 11.9 Å². The number of anilines is 1. The number of ether oxygens (including phenoxy) is 2. The number of carbonyl (C=O) groups is 2. The molecule has 3 heterocycles. The lowest BCUT2D eigenvalue weighted by Gasteiger charge is -2.39. The van der Waals surface area contributed by atoms with Gasteiger partial charge in [0, 0.05) is 32.4 Å². The quantitative estimate of drug-likeness (QED) is 0.487. The lowest BCUT2D eigenvalue weighted by molar-refractivity contribution is -0.153. The van der Waals surface area contributed by atoms with E-state index in [9.17, 15) is 14.7 Å². The second-order valence-corrected chi connectivity index (χ2v) is 7.94. The molecule has 0 saturated carbocycles. The third kappa shape index (κ3) is 4.90. The van der Waals surface area contributed by atoms with E-state index in [2.05, 4.69) is 15.2 Å². The van der Waals surface area contributed by atoms with E-state index >= 15 is 0 Å². The number of carbonyl (C=O) groups excluding carboxylic acids is 2. The number of amides is 1. The highest BCUT2D eigenvalue weighted by Crippen LogP contribution is 2.36. The van der Waals surface area contributed by atoms with E-state index < -0.39 is 23.8 Å². The van der Waals surface area contributed by atoms with E-state index in [1.54, 1.807) is 25.3 Å². The SMILES string of the molecule is CCOC(=O)C1C(=O)NC(N2CCN(c3ccccn3)CC2)=NC1c1ccc(O)c(OCC)c1. The fraction of sp³-hybridized carbons (Fsp3) is 0.417. The monoisotopic (exact) mass is 467 g/mol. The highest BCUT2D eigenvalue weighted by molar-refractivity contribution is 6.08. The lowest BCUT2D eigenvalue weighted by Crippen LogP contribution is -2.57. The number of hydrogen-bond acceptors (Lipinski definition) is 9.